The smallest absolute Gasteiger partial charge is 0.416 e. The number of fused-ring (bicyclic) bond motifs is 1. The molecule has 1 fully saturated rings. The van der Waals surface area contributed by atoms with Gasteiger partial charge in [0, 0.05) is 0 Å². The number of carbonyl (C=O) groups is 2. The number of thioether (sulfide) groups is 1. The third-order valence-corrected chi connectivity index (χ3v) is 5.63. The van der Waals surface area contributed by atoms with Gasteiger partial charge < -0.3 is 9.47 Å². The largest absolute Gasteiger partial charge is 0.497 e. The molecule has 4 rings (SSSR count). The van der Waals surface area contributed by atoms with E-state index in [2.05, 4.69) is 10.4 Å². The number of amides is 2. The Morgan fingerprint density at radius 3 is 2.53 bits per heavy atom. The predicted octanol–water partition coefficient (Wildman–Crippen LogP) is 4.44. The molecule has 0 saturated carbocycles. The van der Waals surface area contributed by atoms with Crippen molar-refractivity contribution in [3.05, 3.63) is 58.0 Å². The monoisotopic (exact) mass is 463 g/mol. The van der Waals surface area contributed by atoms with Crippen LogP contribution in [0, 0.1) is 0 Å². The van der Waals surface area contributed by atoms with E-state index in [4.69, 9.17) is 9.47 Å². The van der Waals surface area contributed by atoms with Crippen molar-refractivity contribution in [1.82, 2.24) is 15.1 Å². The van der Waals surface area contributed by atoms with Gasteiger partial charge in [0.15, 0.2) is 0 Å². The molecule has 3 aromatic rings. The number of hydrogen-bond acceptors (Lipinski definition) is 6. The highest BCUT2D eigenvalue weighted by Crippen LogP contribution is 2.36. The van der Waals surface area contributed by atoms with Crippen molar-refractivity contribution in [2.75, 3.05) is 14.2 Å². The fourth-order valence-corrected chi connectivity index (χ4v) is 4.03. The molecule has 0 radical (unpaired) electrons. The number of imide groups is 1. The summed E-state index contributed by atoms with van der Waals surface area (Å²) < 4.78 is 52.4. The molecule has 32 heavy (non-hydrogen) atoms. The van der Waals surface area contributed by atoms with Crippen molar-refractivity contribution in [2.45, 2.75) is 12.7 Å². The number of hydrogen-bond donors (Lipinski definition) is 1. The SMILES string of the molecule is COc1ccc(Cn2nc(OC)c3cc(C=C4SC(=O)NC4=O)ccc32)c(C(F)(F)F)c1. The average Bonchev–Trinajstić information content (AvgIpc) is 3.25. The molecular weight excluding hydrogens is 447 g/mol. The molecule has 0 aliphatic carbocycles. The van der Waals surface area contributed by atoms with Crippen molar-refractivity contribution >= 4 is 39.9 Å². The minimum Gasteiger partial charge on any atom is -0.497 e. The van der Waals surface area contributed by atoms with E-state index in [1.807, 2.05) is 0 Å². The van der Waals surface area contributed by atoms with E-state index in [1.165, 1.54) is 31.0 Å². The Hall–Kier alpha value is -3.47. The van der Waals surface area contributed by atoms with Crippen LogP contribution in [0.2, 0.25) is 0 Å². The zero-order valence-electron chi connectivity index (χ0n) is 16.8. The van der Waals surface area contributed by atoms with Crippen LogP contribution in [0.25, 0.3) is 17.0 Å². The molecule has 0 bridgehead atoms. The zero-order valence-corrected chi connectivity index (χ0v) is 17.6. The van der Waals surface area contributed by atoms with Gasteiger partial charge >= 0.3 is 6.18 Å². The lowest BCUT2D eigenvalue weighted by Crippen LogP contribution is -2.17. The maximum Gasteiger partial charge on any atom is 0.416 e. The maximum absolute atomic E-state index is 13.6. The quantitative estimate of drug-likeness (QED) is 0.564. The van der Waals surface area contributed by atoms with Crippen LogP contribution in [0.15, 0.2) is 41.3 Å². The highest BCUT2D eigenvalue weighted by Gasteiger charge is 2.34. The summed E-state index contributed by atoms with van der Waals surface area (Å²) >= 11 is 0.790. The van der Waals surface area contributed by atoms with Crippen molar-refractivity contribution in [2.24, 2.45) is 0 Å². The molecule has 2 amide bonds. The molecule has 7 nitrogen and oxygen atoms in total. The van der Waals surface area contributed by atoms with Crippen LogP contribution in [-0.2, 0) is 17.5 Å². The second-order valence-corrected chi connectivity index (χ2v) is 7.83. The van der Waals surface area contributed by atoms with Gasteiger partial charge in [0.25, 0.3) is 11.1 Å². The summed E-state index contributed by atoms with van der Waals surface area (Å²) in [7, 11) is 2.71. The topological polar surface area (TPSA) is 82.4 Å². The van der Waals surface area contributed by atoms with Crippen LogP contribution in [-0.4, -0.2) is 35.1 Å². The average molecular weight is 463 g/mol. The van der Waals surface area contributed by atoms with Crippen LogP contribution >= 0.6 is 11.8 Å². The molecule has 166 valence electrons. The van der Waals surface area contributed by atoms with Crippen molar-refractivity contribution < 1.29 is 32.2 Å². The predicted molar refractivity (Wildman–Crippen MR) is 112 cm³/mol. The van der Waals surface area contributed by atoms with Crippen molar-refractivity contribution in [1.29, 1.82) is 0 Å². The number of benzene rings is 2. The summed E-state index contributed by atoms with van der Waals surface area (Å²) in [5.41, 5.74) is 0.375. The van der Waals surface area contributed by atoms with E-state index in [9.17, 15) is 22.8 Å². The van der Waals surface area contributed by atoms with E-state index >= 15 is 0 Å². The first-order valence-corrected chi connectivity index (χ1v) is 10.0. The number of alkyl halides is 3. The first-order valence-electron chi connectivity index (χ1n) is 9.23. The number of rotatable bonds is 5. The Morgan fingerprint density at radius 1 is 1.12 bits per heavy atom. The van der Waals surface area contributed by atoms with E-state index in [0.717, 1.165) is 17.8 Å². The molecule has 0 atom stereocenters. The van der Waals surface area contributed by atoms with Gasteiger partial charge in [0.2, 0.25) is 5.88 Å². The Kier molecular flexibility index (Phi) is 5.59. The molecule has 2 heterocycles. The molecule has 2 aromatic carbocycles. The van der Waals surface area contributed by atoms with Gasteiger partial charge in [-0.3, -0.25) is 19.6 Å². The van der Waals surface area contributed by atoms with Crippen LogP contribution in [0.3, 0.4) is 0 Å². The molecule has 1 saturated heterocycles. The van der Waals surface area contributed by atoms with E-state index in [0.29, 0.717) is 16.5 Å². The fraction of sp³-hybridized carbons (Fsp3) is 0.190. The lowest BCUT2D eigenvalue weighted by Gasteiger charge is -2.14. The number of methoxy groups -OCH3 is 2. The zero-order chi connectivity index (χ0) is 23.0. The summed E-state index contributed by atoms with van der Waals surface area (Å²) in [4.78, 5) is 23.4. The molecule has 11 heteroatoms. The van der Waals surface area contributed by atoms with Gasteiger partial charge in [-0.1, -0.05) is 12.1 Å². The lowest BCUT2D eigenvalue weighted by atomic mass is 10.1. The summed E-state index contributed by atoms with van der Waals surface area (Å²) in [6, 6.07) is 8.82. The third kappa shape index (κ3) is 4.15. The van der Waals surface area contributed by atoms with Crippen LogP contribution in [0.5, 0.6) is 11.6 Å². The fourth-order valence-electron chi connectivity index (χ4n) is 3.35. The van der Waals surface area contributed by atoms with Gasteiger partial charge in [-0.25, -0.2) is 0 Å². The number of nitrogens with one attached hydrogen (secondary N) is 1. The molecule has 1 aliphatic rings. The Bertz CT molecular complexity index is 1270. The first-order chi connectivity index (χ1) is 15.2. The first kappa shape index (κ1) is 21.8. The molecule has 1 aliphatic heterocycles. The standard InChI is InChI=1S/C21H16F3N3O4S/c1-30-13-5-4-12(15(9-13)21(22,23)24)10-27-16-6-3-11(7-14(16)19(26-27)31-2)8-17-18(28)25-20(29)32-17/h3-9H,10H2,1-2H3,(H,25,28,29). The van der Waals surface area contributed by atoms with Gasteiger partial charge in [-0.05, 0) is 53.2 Å². The lowest BCUT2D eigenvalue weighted by molar-refractivity contribution is -0.138. The minimum atomic E-state index is -4.56. The van der Waals surface area contributed by atoms with E-state index in [1.54, 1.807) is 24.3 Å². The van der Waals surface area contributed by atoms with Gasteiger partial charge in [0.05, 0.1) is 42.1 Å². The number of nitrogens with zero attached hydrogens (tertiary/aromatic N) is 2. The number of carbonyl (C=O) groups excluding carboxylic acids is 2. The number of aromatic nitrogens is 2. The summed E-state index contributed by atoms with van der Waals surface area (Å²) in [5, 5.41) is 6.59. The third-order valence-electron chi connectivity index (χ3n) is 4.82. The minimum absolute atomic E-state index is 0.0223. The number of halogens is 3. The van der Waals surface area contributed by atoms with E-state index in [-0.39, 0.29) is 28.6 Å². The van der Waals surface area contributed by atoms with Crippen molar-refractivity contribution in [3.8, 4) is 11.6 Å². The molecule has 0 spiro atoms. The van der Waals surface area contributed by atoms with Gasteiger partial charge in [-0.2, -0.15) is 13.2 Å². The molecule has 0 unspecified atom stereocenters. The normalized spacial score (nSPS) is 15.5. The second kappa shape index (κ2) is 8.23. The summed E-state index contributed by atoms with van der Waals surface area (Å²) in [5.74, 6) is -0.155. The molecular formula is C21H16F3N3O4S. The highest BCUT2D eigenvalue weighted by molar-refractivity contribution is 8.18. The van der Waals surface area contributed by atoms with E-state index < -0.39 is 22.9 Å². The summed E-state index contributed by atoms with van der Waals surface area (Å²) in [6.07, 6.45) is -3.01. The van der Waals surface area contributed by atoms with Gasteiger partial charge in [-0.15, -0.1) is 5.10 Å². The molecule has 1 aromatic heterocycles. The Balaban J connectivity index is 1.75. The van der Waals surface area contributed by atoms with Gasteiger partial charge in [0.1, 0.15) is 5.75 Å². The Labute approximate surface area is 184 Å². The van der Waals surface area contributed by atoms with Crippen molar-refractivity contribution in [3.63, 3.8) is 0 Å². The maximum atomic E-state index is 13.6. The highest BCUT2D eigenvalue weighted by atomic mass is 32.2. The number of ether oxygens (including phenoxy) is 2. The summed E-state index contributed by atoms with van der Waals surface area (Å²) in [6.45, 7) is -0.147. The Morgan fingerprint density at radius 2 is 1.91 bits per heavy atom. The van der Waals surface area contributed by atoms with Crippen LogP contribution in [0.4, 0.5) is 18.0 Å². The molecule has 1 N–H and O–H groups in total. The van der Waals surface area contributed by atoms with Crippen LogP contribution < -0.4 is 14.8 Å². The van der Waals surface area contributed by atoms with Crippen LogP contribution in [0.1, 0.15) is 16.7 Å². The second-order valence-electron chi connectivity index (χ2n) is 6.82.